The molecular weight excluding hydrogens is 313 g/mol. The highest BCUT2D eigenvalue weighted by molar-refractivity contribution is 5.80. The Kier molecular flexibility index (Phi) is 4.92. The minimum Gasteiger partial charge on any atom is -0.480 e. The molecule has 0 aliphatic rings. The molecule has 0 radical (unpaired) electrons. The average Bonchev–Trinajstić information content (AvgIpc) is 2.89. The van der Waals surface area contributed by atoms with E-state index in [0.717, 1.165) is 6.07 Å². The van der Waals surface area contributed by atoms with Crippen molar-refractivity contribution in [1.82, 2.24) is 10.5 Å². The molecular formula is C15H15F3N2O3. The summed E-state index contributed by atoms with van der Waals surface area (Å²) in [6.45, 7) is 3.18. The molecule has 0 spiro atoms. The van der Waals surface area contributed by atoms with E-state index in [4.69, 9.17) is 9.26 Å². The largest absolute Gasteiger partial charge is 0.480 e. The van der Waals surface area contributed by atoms with Gasteiger partial charge in [0.1, 0.15) is 17.2 Å². The molecule has 5 nitrogen and oxygen atoms in total. The van der Waals surface area contributed by atoms with Crippen molar-refractivity contribution in [1.29, 1.82) is 0 Å². The van der Waals surface area contributed by atoms with Gasteiger partial charge < -0.3 is 14.6 Å². The van der Waals surface area contributed by atoms with Crippen molar-refractivity contribution in [3.8, 4) is 5.75 Å². The third kappa shape index (κ3) is 4.48. The van der Waals surface area contributed by atoms with Crippen molar-refractivity contribution in [2.24, 2.45) is 0 Å². The lowest BCUT2D eigenvalue weighted by Gasteiger charge is -2.18. The molecule has 23 heavy (non-hydrogen) atoms. The maximum atomic E-state index is 12.9. The van der Waals surface area contributed by atoms with E-state index in [1.54, 1.807) is 13.0 Å². The van der Waals surface area contributed by atoms with Crippen LogP contribution in [0.1, 0.15) is 23.9 Å². The van der Waals surface area contributed by atoms with E-state index in [0.29, 0.717) is 11.5 Å². The van der Waals surface area contributed by atoms with E-state index in [9.17, 15) is 18.0 Å². The highest BCUT2D eigenvalue weighted by Crippen LogP contribution is 2.36. The van der Waals surface area contributed by atoms with Crippen LogP contribution in [0.2, 0.25) is 0 Å². The summed E-state index contributed by atoms with van der Waals surface area (Å²) in [4.78, 5) is 11.9. The van der Waals surface area contributed by atoms with Gasteiger partial charge in [0.25, 0.3) is 5.91 Å². The fourth-order valence-corrected chi connectivity index (χ4v) is 1.87. The van der Waals surface area contributed by atoms with Crippen LogP contribution >= 0.6 is 0 Å². The molecule has 1 atom stereocenters. The summed E-state index contributed by atoms with van der Waals surface area (Å²) in [7, 11) is 0. The Hall–Kier alpha value is -2.51. The van der Waals surface area contributed by atoms with Crippen LogP contribution < -0.4 is 10.1 Å². The van der Waals surface area contributed by atoms with Gasteiger partial charge in [0.2, 0.25) is 0 Å². The highest BCUT2D eigenvalue weighted by atomic mass is 19.4. The number of alkyl halides is 3. The SMILES string of the molecule is Cc1cc(CNC(=O)[C@H](C)Oc2ccccc2C(F)(F)F)no1. The molecule has 2 rings (SSSR count). The first kappa shape index (κ1) is 16.9. The molecule has 8 heteroatoms. The van der Waals surface area contributed by atoms with E-state index in [1.165, 1.54) is 25.1 Å². The average molecular weight is 328 g/mol. The molecule has 1 aromatic heterocycles. The number of benzene rings is 1. The number of carbonyl (C=O) groups is 1. The van der Waals surface area contributed by atoms with Crippen molar-refractivity contribution < 1.29 is 27.2 Å². The second-order valence-corrected chi connectivity index (χ2v) is 4.90. The van der Waals surface area contributed by atoms with Crippen LogP contribution in [0.3, 0.4) is 0 Å². The van der Waals surface area contributed by atoms with Crippen molar-refractivity contribution in [3.63, 3.8) is 0 Å². The Morgan fingerprint density at radius 2 is 2.09 bits per heavy atom. The van der Waals surface area contributed by atoms with Crippen LogP contribution in [0.25, 0.3) is 0 Å². The molecule has 0 aliphatic carbocycles. The number of ether oxygens (including phenoxy) is 1. The molecule has 0 saturated heterocycles. The van der Waals surface area contributed by atoms with Crippen LogP contribution in [0.4, 0.5) is 13.2 Å². The van der Waals surface area contributed by atoms with Crippen LogP contribution in [-0.4, -0.2) is 17.2 Å². The normalized spacial score (nSPS) is 12.7. The summed E-state index contributed by atoms with van der Waals surface area (Å²) in [6.07, 6.45) is -5.64. The predicted octanol–water partition coefficient (Wildman–Crippen LogP) is 3.09. The number of nitrogens with zero attached hydrogens (tertiary/aromatic N) is 1. The molecule has 0 aliphatic heterocycles. The van der Waals surface area contributed by atoms with Crippen LogP contribution in [0.15, 0.2) is 34.9 Å². The van der Waals surface area contributed by atoms with E-state index in [2.05, 4.69) is 10.5 Å². The first-order chi connectivity index (χ1) is 10.8. The van der Waals surface area contributed by atoms with Gasteiger partial charge in [-0.25, -0.2) is 0 Å². The number of rotatable bonds is 5. The van der Waals surface area contributed by atoms with Crippen LogP contribution in [0, 0.1) is 6.92 Å². The molecule has 0 fully saturated rings. The summed E-state index contributed by atoms with van der Waals surface area (Å²) < 4.78 is 48.6. The van der Waals surface area contributed by atoms with Crippen molar-refractivity contribution in [2.45, 2.75) is 32.7 Å². The summed E-state index contributed by atoms with van der Waals surface area (Å²) >= 11 is 0. The number of hydrogen-bond acceptors (Lipinski definition) is 4. The number of carbonyl (C=O) groups excluding carboxylic acids is 1. The Bertz CT molecular complexity index is 683. The maximum absolute atomic E-state index is 12.9. The Morgan fingerprint density at radius 1 is 1.39 bits per heavy atom. The fourth-order valence-electron chi connectivity index (χ4n) is 1.87. The summed E-state index contributed by atoms with van der Waals surface area (Å²) in [5, 5.41) is 6.22. The van der Waals surface area contributed by atoms with E-state index in [1.807, 2.05) is 0 Å². The van der Waals surface area contributed by atoms with Gasteiger partial charge in [-0.05, 0) is 26.0 Å². The second kappa shape index (κ2) is 6.72. The number of nitrogens with one attached hydrogen (secondary N) is 1. The molecule has 0 unspecified atom stereocenters. The number of para-hydroxylation sites is 1. The minimum atomic E-state index is -4.55. The fraction of sp³-hybridized carbons (Fsp3) is 0.333. The Balaban J connectivity index is 1.98. The van der Waals surface area contributed by atoms with Gasteiger partial charge >= 0.3 is 6.18 Å². The monoisotopic (exact) mass is 328 g/mol. The second-order valence-electron chi connectivity index (χ2n) is 4.90. The van der Waals surface area contributed by atoms with Crippen LogP contribution in [-0.2, 0) is 17.5 Å². The summed E-state index contributed by atoms with van der Waals surface area (Å²) in [6, 6.07) is 6.39. The third-order valence-corrected chi connectivity index (χ3v) is 2.99. The van der Waals surface area contributed by atoms with Gasteiger partial charge in [0, 0.05) is 6.07 Å². The lowest BCUT2D eigenvalue weighted by atomic mass is 10.2. The Labute approximate surface area is 130 Å². The zero-order chi connectivity index (χ0) is 17.0. The first-order valence-corrected chi connectivity index (χ1v) is 6.80. The zero-order valence-electron chi connectivity index (χ0n) is 12.5. The zero-order valence-corrected chi connectivity index (χ0v) is 12.5. The van der Waals surface area contributed by atoms with E-state index in [-0.39, 0.29) is 12.3 Å². The minimum absolute atomic E-state index is 0.102. The van der Waals surface area contributed by atoms with Gasteiger partial charge in [0.15, 0.2) is 6.10 Å². The van der Waals surface area contributed by atoms with Gasteiger partial charge in [-0.3, -0.25) is 4.79 Å². The summed E-state index contributed by atoms with van der Waals surface area (Å²) in [5.41, 5.74) is -0.412. The molecule has 0 bridgehead atoms. The van der Waals surface area contributed by atoms with Crippen LogP contribution in [0.5, 0.6) is 5.75 Å². The molecule has 1 aromatic carbocycles. The molecule has 1 amide bonds. The van der Waals surface area contributed by atoms with Gasteiger partial charge in [-0.2, -0.15) is 13.2 Å². The molecule has 1 heterocycles. The van der Waals surface area contributed by atoms with Crippen molar-refractivity contribution in [2.75, 3.05) is 0 Å². The van der Waals surface area contributed by atoms with Crippen molar-refractivity contribution >= 4 is 5.91 Å². The van der Waals surface area contributed by atoms with E-state index < -0.39 is 23.8 Å². The van der Waals surface area contributed by atoms with Crippen molar-refractivity contribution in [3.05, 3.63) is 47.3 Å². The number of amides is 1. The lowest BCUT2D eigenvalue weighted by molar-refractivity contribution is -0.140. The topological polar surface area (TPSA) is 64.4 Å². The van der Waals surface area contributed by atoms with E-state index >= 15 is 0 Å². The number of halogens is 3. The smallest absolute Gasteiger partial charge is 0.419 e. The lowest BCUT2D eigenvalue weighted by Crippen LogP contribution is -2.36. The standard InChI is InChI=1S/C15H15F3N2O3/c1-9-7-11(20-23-9)8-19-14(21)10(2)22-13-6-4-3-5-12(13)15(16,17)18/h3-7,10H,8H2,1-2H3,(H,19,21)/t10-/m0/s1. The van der Waals surface area contributed by atoms with Gasteiger partial charge in [-0.1, -0.05) is 17.3 Å². The Morgan fingerprint density at radius 3 is 2.70 bits per heavy atom. The summed E-state index contributed by atoms with van der Waals surface area (Å²) in [5.74, 6) is -0.347. The maximum Gasteiger partial charge on any atom is 0.419 e. The highest BCUT2D eigenvalue weighted by Gasteiger charge is 2.34. The molecule has 0 saturated carbocycles. The molecule has 124 valence electrons. The first-order valence-electron chi connectivity index (χ1n) is 6.80. The third-order valence-electron chi connectivity index (χ3n) is 2.99. The van der Waals surface area contributed by atoms with Gasteiger partial charge in [-0.15, -0.1) is 0 Å². The molecule has 2 aromatic rings. The quantitative estimate of drug-likeness (QED) is 0.916. The number of aryl methyl sites for hydroxylation is 1. The molecule has 1 N–H and O–H groups in total. The number of hydrogen-bond donors (Lipinski definition) is 1. The number of aromatic nitrogens is 1. The van der Waals surface area contributed by atoms with Gasteiger partial charge in [0.05, 0.1) is 12.1 Å². The predicted molar refractivity (Wildman–Crippen MR) is 74.6 cm³/mol.